The second kappa shape index (κ2) is 12.5. The fourth-order valence-corrected chi connectivity index (χ4v) is 7.09. The van der Waals surface area contributed by atoms with Gasteiger partial charge >= 0.3 is 0 Å². The molecule has 1 aromatic heterocycles. The lowest BCUT2D eigenvalue weighted by Gasteiger charge is -2.40. The lowest BCUT2D eigenvalue weighted by atomic mass is 9.86. The van der Waals surface area contributed by atoms with Crippen LogP contribution >= 0.6 is 34.5 Å². The van der Waals surface area contributed by atoms with E-state index in [0.29, 0.717) is 39.5 Å². The number of thiazole rings is 1. The van der Waals surface area contributed by atoms with Crippen LogP contribution in [0.25, 0.3) is 5.57 Å². The number of nitrogens with one attached hydrogen (secondary N) is 2. The number of rotatable bonds is 10. The zero-order valence-corrected chi connectivity index (χ0v) is 25.2. The molecule has 2 atom stereocenters. The van der Waals surface area contributed by atoms with Gasteiger partial charge in [0.2, 0.25) is 0 Å². The van der Waals surface area contributed by atoms with Crippen molar-refractivity contribution in [3.8, 4) is 10.9 Å². The average Bonchev–Trinajstić information content (AvgIpc) is 3.69. The molecule has 1 saturated heterocycles. The van der Waals surface area contributed by atoms with Gasteiger partial charge in [-0.3, -0.25) is 4.79 Å². The number of aryl methyl sites for hydroxylation is 1. The Morgan fingerprint density at radius 3 is 2.67 bits per heavy atom. The molecule has 1 amide bonds. The van der Waals surface area contributed by atoms with Crippen LogP contribution in [-0.2, 0) is 11.3 Å². The second-order valence-corrected chi connectivity index (χ2v) is 12.6. The van der Waals surface area contributed by atoms with Gasteiger partial charge in [-0.2, -0.15) is 0 Å². The number of carbonyl (C=O) groups excluding carboxylic acids is 1. The molecule has 2 bridgehead atoms. The molecular weight excluding hydrogens is 605 g/mol. The first-order valence-electron chi connectivity index (χ1n) is 13.9. The molecule has 0 spiro atoms. The topological polar surface area (TPSA) is 75.7 Å². The molecule has 1 saturated carbocycles. The molecule has 2 N–H and O–H groups in total. The van der Waals surface area contributed by atoms with Gasteiger partial charge < -0.3 is 25.0 Å². The van der Waals surface area contributed by atoms with Gasteiger partial charge in [0, 0.05) is 49.1 Å². The number of benzene rings is 2. The third kappa shape index (κ3) is 6.28. The summed E-state index contributed by atoms with van der Waals surface area (Å²) in [6.45, 7) is 3.74. The fraction of sp³-hybridized carbons (Fsp3) is 0.400. The van der Waals surface area contributed by atoms with Crippen LogP contribution in [-0.4, -0.2) is 60.2 Å². The van der Waals surface area contributed by atoms with Crippen molar-refractivity contribution in [1.29, 1.82) is 0 Å². The molecule has 42 heavy (non-hydrogen) atoms. The highest BCUT2D eigenvalue weighted by molar-refractivity contribution is 7.14. The van der Waals surface area contributed by atoms with Gasteiger partial charge in [-0.15, -0.1) is 0 Å². The monoisotopic (exact) mass is 634 g/mol. The zero-order valence-electron chi connectivity index (χ0n) is 22.9. The van der Waals surface area contributed by atoms with E-state index in [1.807, 2.05) is 6.92 Å². The van der Waals surface area contributed by atoms with E-state index in [2.05, 4.69) is 15.6 Å². The molecule has 3 aliphatic rings. The van der Waals surface area contributed by atoms with Crippen LogP contribution in [0.4, 0.5) is 8.78 Å². The SMILES string of the molecule is Cc1cc(Cl)c(OCCOc2ncc(C3=C(C(=O)N(Cc4cccc(F)c4F)C4CC4)[C@H]4CNC[C@@H](C3)N4)s2)c(Cl)c1. The number of ether oxygens (including phenoxy) is 2. The summed E-state index contributed by atoms with van der Waals surface area (Å²) in [7, 11) is 0. The number of hydrogen-bond donors (Lipinski definition) is 2. The van der Waals surface area contributed by atoms with Crippen molar-refractivity contribution in [2.45, 2.75) is 50.9 Å². The Kier molecular flexibility index (Phi) is 8.70. The Hall–Kier alpha value is -2.76. The summed E-state index contributed by atoms with van der Waals surface area (Å²) >= 11 is 13.9. The minimum atomic E-state index is -0.915. The average molecular weight is 636 g/mol. The number of fused-ring (bicyclic) bond motifs is 2. The first kappa shape index (κ1) is 29.3. The van der Waals surface area contributed by atoms with E-state index < -0.39 is 11.6 Å². The first-order chi connectivity index (χ1) is 20.3. The summed E-state index contributed by atoms with van der Waals surface area (Å²) in [5.41, 5.74) is 2.67. The summed E-state index contributed by atoms with van der Waals surface area (Å²) in [6.07, 6.45) is 4.04. The molecule has 12 heteroatoms. The summed E-state index contributed by atoms with van der Waals surface area (Å²) in [5.74, 6) is -1.57. The highest BCUT2D eigenvalue weighted by atomic mass is 35.5. The van der Waals surface area contributed by atoms with Crippen LogP contribution < -0.4 is 20.1 Å². The van der Waals surface area contributed by atoms with Gasteiger partial charge in [0.15, 0.2) is 17.4 Å². The Bertz CT molecular complexity index is 1510. The van der Waals surface area contributed by atoms with Crippen molar-refractivity contribution in [3.05, 3.63) is 79.8 Å². The Morgan fingerprint density at radius 1 is 1.14 bits per heavy atom. The van der Waals surface area contributed by atoms with E-state index in [-0.39, 0.29) is 49.4 Å². The number of nitrogens with zero attached hydrogens (tertiary/aromatic N) is 2. The minimum absolute atomic E-state index is 0.000850. The molecule has 3 aromatic rings. The van der Waals surface area contributed by atoms with Gasteiger partial charge in [0.05, 0.1) is 21.0 Å². The number of aromatic nitrogens is 1. The van der Waals surface area contributed by atoms with Crippen molar-refractivity contribution in [1.82, 2.24) is 20.5 Å². The molecule has 2 aromatic carbocycles. The third-order valence-corrected chi connectivity index (χ3v) is 9.16. The van der Waals surface area contributed by atoms with E-state index >= 15 is 0 Å². The molecule has 6 rings (SSSR count). The fourth-order valence-electron chi connectivity index (χ4n) is 5.52. The number of amides is 1. The second-order valence-electron chi connectivity index (χ2n) is 10.8. The zero-order chi connectivity index (χ0) is 29.4. The summed E-state index contributed by atoms with van der Waals surface area (Å²) in [4.78, 5) is 21.2. The number of halogens is 4. The van der Waals surface area contributed by atoms with Gasteiger partial charge in [-0.05, 0) is 55.5 Å². The maximum atomic E-state index is 14.6. The molecule has 7 nitrogen and oxygen atoms in total. The highest BCUT2D eigenvalue weighted by Crippen LogP contribution is 2.39. The first-order valence-corrected chi connectivity index (χ1v) is 15.5. The molecule has 2 fully saturated rings. The van der Waals surface area contributed by atoms with Crippen molar-refractivity contribution in [3.63, 3.8) is 0 Å². The maximum Gasteiger partial charge on any atom is 0.273 e. The van der Waals surface area contributed by atoms with Crippen molar-refractivity contribution in [2.75, 3.05) is 26.3 Å². The van der Waals surface area contributed by atoms with Crippen LogP contribution in [0, 0.1) is 18.6 Å². The highest BCUT2D eigenvalue weighted by Gasteiger charge is 2.41. The maximum absolute atomic E-state index is 14.6. The summed E-state index contributed by atoms with van der Waals surface area (Å²) in [5, 5.41) is 8.31. The molecule has 1 aliphatic carbocycles. The molecule has 0 unspecified atom stereocenters. The lowest BCUT2D eigenvalue weighted by molar-refractivity contribution is -0.128. The number of carbonyl (C=O) groups is 1. The van der Waals surface area contributed by atoms with Crippen LogP contribution in [0.3, 0.4) is 0 Å². The Balaban J connectivity index is 1.21. The van der Waals surface area contributed by atoms with Crippen LogP contribution in [0.1, 0.15) is 35.3 Å². The van der Waals surface area contributed by atoms with E-state index in [4.69, 9.17) is 32.7 Å². The van der Waals surface area contributed by atoms with Gasteiger partial charge in [0.1, 0.15) is 13.2 Å². The third-order valence-electron chi connectivity index (χ3n) is 7.63. The normalized spacial score (nSPS) is 20.0. The summed E-state index contributed by atoms with van der Waals surface area (Å²) < 4.78 is 40.2. The van der Waals surface area contributed by atoms with Crippen molar-refractivity contribution >= 4 is 46.0 Å². The van der Waals surface area contributed by atoms with E-state index in [1.54, 1.807) is 23.2 Å². The Morgan fingerprint density at radius 2 is 1.90 bits per heavy atom. The van der Waals surface area contributed by atoms with Crippen LogP contribution in [0.15, 0.2) is 42.1 Å². The van der Waals surface area contributed by atoms with Crippen LogP contribution in [0.2, 0.25) is 10.0 Å². The number of hydrogen-bond acceptors (Lipinski definition) is 7. The van der Waals surface area contributed by atoms with E-state index in [0.717, 1.165) is 41.5 Å². The van der Waals surface area contributed by atoms with Gasteiger partial charge in [-0.1, -0.05) is 46.7 Å². The molecule has 2 aliphatic heterocycles. The molecule has 222 valence electrons. The standard InChI is InChI=1S/C30H30Cl2F2N4O3S/c1-16-9-21(31)28(22(32)10-16)40-7-8-41-30-36-14-25(42-30)20-11-18-12-35-13-24(37-18)26(20)29(39)38(19-5-6-19)15-17-3-2-4-23(33)27(17)34/h2-4,9-10,14,18-19,24,35,37H,5-8,11-13,15H2,1H3/t18-,24-/m1/s1. The largest absolute Gasteiger partial charge is 0.487 e. The quantitative estimate of drug-likeness (QED) is 0.276. The Labute approximate surface area is 256 Å². The smallest absolute Gasteiger partial charge is 0.273 e. The molecule has 0 radical (unpaired) electrons. The minimum Gasteiger partial charge on any atom is -0.487 e. The molecule has 3 heterocycles. The van der Waals surface area contributed by atoms with Gasteiger partial charge in [-0.25, -0.2) is 13.8 Å². The molecular formula is C30H30Cl2F2N4O3S. The predicted octanol–water partition coefficient (Wildman–Crippen LogP) is 5.77. The van der Waals surface area contributed by atoms with Crippen molar-refractivity contribution < 1.29 is 23.0 Å². The van der Waals surface area contributed by atoms with E-state index in [1.165, 1.54) is 23.5 Å². The van der Waals surface area contributed by atoms with Crippen molar-refractivity contribution in [2.24, 2.45) is 0 Å². The summed E-state index contributed by atoms with van der Waals surface area (Å²) in [6, 6.07) is 7.61. The lowest BCUT2D eigenvalue weighted by Crippen LogP contribution is -2.59. The van der Waals surface area contributed by atoms with Gasteiger partial charge in [0.25, 0.3) is 11.1 Å². The predicted molar refractivity (Wildman–Crippen MR) is 159 cm³/mol. The number of piperazine rings is 1. The van der Waals surface area contributed by atoms with Crippen LogP contribution in [0.5, 0.6) is 10.9 Å². The van der Waals surface area contributed by atoms with E-state index in [9.17, 15) is 13.6 Å².